The molecule has 1 heterocycles. The van der Waals surface area contributed by atoms with Gasteiger partial charge in [-0.15, -0.1) is 0 Å². The van der Waals surface area contributed by atoms with E-state index >= 15 is 0 Å². The molecule has 2 atom stereocenters. The van der Waals surface area contributed by atoms with E-state index < -0.39 is 5.82 Å². The van der Waals surface area contributed by atoms with Crippen molar-refractivity contribution in [2.24, 2.45) is 5.92 Å². The molecule has 2 aromatic rings. The van der Waals surface area contributed by atoms with Gasteiger partial charge in [0.2, 0.25) is 5.95 Å². The van der Waals surface area contributed by atoms with Gasteiger partial charge in [-0.2, -0.15) is 4.98 Å². The number of carbonyl (C=O) groups is 1. The van der Waals surface area contributed by atoms with Crippen molar-refractivity contribution in [2.45, 2.75) is 38.6 Å². The summed E-state index contributed by atoms with van der Waals surface area (Å²) in [7, 11) is 1.70. The van der Waals surface area contributed by atoms with E-state index in [0.717, 1.165) is 56.5 Å². The number of rotatable bonds is 14. The Morgan fingerprint density at radius 1 is 1.31 bits per heavy atom. The first-order valence-corrected chi connectivity index (χ1v) is 12.2. The smallest absolute Gasteiger partial charge is 0.229 e. The lowest BCUT2D eigenvalue weighted by Gasteiger charge is -2.28. The maximum atomic E-state index is 14.4. The molecule has 1 unspecified atom stereocenters. The fourth-order valence-corrected chi connectivity index (χ4v) is 4.20. The van der Waals surface area contributed by atoms with E-state index in [2.05, 4.69) is 39.0 Å². The Morgan fingerprint density at radius 2 is 2.14 bits per heavy atom. The molecular formula is C26H36FN5O3. The average molecular weight is 486 g/mol. The van der Waals surface area contributed by atoms with Crippen molar-refractivity contribution in [3.8, 4) is 5.75 Å². The van der Waals surface area contributed by atoms with Gasteiger partial charge in [-0.3, -0.25) is 9.69 Å². The number of hydrogen-bond acceptors (Lipinski definition) is 8. The van der Waals surface area contributed by atoms with Gasteiger partial charge in [-0.25, -0.2) is 9.37 Å². The van der Waals surface area contributed by atoms with Crippen LogP contribution in [0.5, 0.6) is 5.75 Å². The first-order chi connectivity index (χ1) is 17.0. The molecule has 1 saturated carbocycles. The fraction of sp³-hybridized carbons (Fsp3) is 0.500. The SMILES string of the molecule is C=CC(=O)C1CCC[C@@H](Nc2nc(Nc3cccc(OCCN(CC)CCOC)c3)ncc2F)C1. The Labute approximate surface area is 206 Å². The van der Waals surface area contributed by atoms with Crippen LogP contribution >= 0.6 is 0 Å². The second-order valence-corrected chi connectivity index (χ2v) is 8.63. The van der Waals surface area contributed by atoms with Crippen LogP contribution < -0.4 is 15.4 Å². The molecule has 0 bridgehead atoms. The van der Waals surface area contributed by atoms with Crippen LogP contribution in [-0.2, 0) is 9.53 Å². The number of halogens is 1. The third-order valence-electron chi connectivity index (χ3n) is 6.19. The molecule has 0 radical (unpaired) electrons. The van der Waals surface area contributed by atoms with E-state index in [4.69, 9.17) is 9.47 Å². The van der Waals surface area contributed by atoms with E-state index in [1.807, 2.05) is 24.3 Å². The first-order valence-electron chi connectivity index (χ1n) is 12.2. The second-order valence-electron chi connectivity index (χ2n) is 8.63. The monoisotopic (exact) mass is 485 g/mol. The van der Waals surface area contributed by atoms with Gasteiger partial charge in [-0.05, 0) is 44.0 Å². The standard InChI is InChI=1S/C26H36FN5O3/c1-4-24(33)19-8-6-9-20(16-19)29-25-23(27)18-28-26(31-25)30-21-10-7-11-22(17-21)35-15-13-32(5-2)12-14-34-3/h4,7,10-11,17-20H,1,5-6,8-9,12-16H2,2-3H3,(H2,28,29,30,31)/t19?,20-/m1/s1. The molecule has 0 amide bonds. The van der Waals surface area contributed by atoms with Gasteiger partial charge in [-0.1, -0.05) is 26.0 Å². The van der Waals surface area contributed by atoms with Crippen LogP contribution in [0.15, 0.2) is 43.1 Å². The summed E-state index contributed by atoms with van der Waals surface area (Å²) in [5.74, 6) is 0.562. The Morgan fingerprint density at radius 3 is 2.91 bits per heavy atom. The van der Waals surface area contributed by atoms with Crippen molar-refractivity contribution in [3.05, 3.63) is 48.9 Å². The summed E-state index contributed by atoms with van der Waals surface area (Å²) in [6.45, 7) is 9.53. The van der Waals surface area contributed by atoms with Crippen LogP contribution in [0, 0.1) is 11.7 Å². The van der Waals surface area contributed by atoms with Crippen molar-refractivity contribution < 1.29 is 18.7 Å². The zero-order valence-electron chi connectivity index (χ0n) is 20.6. The number of hydrogen-bond donors (Lipinski definition) is 2. The number of ketones is 1. The van der Waals surface area contributed by atoms with Crippen molar-refractivity contribution in [2.75, 3.05) is 50.6 Å². The van der Waals surface area contributed by atoms with Crippen molar-refractivity contribution in [3.63, 3.8) is 0 Å². The number of nitrogens with one attached hydrogen (secondary N) is 2. The van der Waals surface area contributed by atoms with Gasteiger partial charge in [0.25, 0.3) is 0 Å². The predicted molar refractivity (Wildman–Crippen MR) is 136 cm³/mol. The van der Waals surface area contributed by atoms with Crippen LogP contribution in [0.25, 0.3) is 0 Å². The van der Waals surface area contributed by atoms with Crippen LogP contribution in [-0.4, -0.2) is 66.7 Å². The molecule has 1 aromatic heterocycles. The summed E-state index contributed by atoms with van der Waals surface area (Å²) in [6, 6.07) is 7.47. The first kappa shape index (κ1) is 26.6. The van der Waals surface area contributed by atoms with Gasteiger partial charge < -0.3 is 20.1 Å². The quantitative estimate of drug-likeness (QED) is 0.380. The average Bonchev–Trinajstić information content (AvgIpc) is 2.88. The lowest BCUT2D eigenvalue weighted by Crippen LogP contribution is -2.31. The zero-order valence-corrected chi connectivity index (χ0v) is 20.6. The predicted octanol–water partition coefficient (Wildman–Crippen LogP) is 4.43. The minimum Gasteiger partial charge on any atom is -0.492 e. The highest BCUT2D eigenvalue weighted by Gasteiger charge is 2.26. The molecule has 2 N–H and O–H groups in total. The summed E-state index contributed by atoms with van der Waals surface area (Å²) >= 11 is 0. The summed E-state index contributed by atoms with van der Waals surface area (Å²) in [5, 5.41) is 6.28. The molecule has 8 nitrogen and oxygen atoms in total. The number of likely N-dealkylation sites (N-methyl/N-ethyl adjacent to an activating group) is 1. The lowest BCUT2D eigenvalue weighted by molar-refractivity contribution is -0.119. The van der Waals surface area contributed by atoms with E-state index in [1.165, 1.54) is 6.08 Å². The molecule has 3 rings (SSSR count). The van der Waals surface area contributed by atoms with Gasteiger partial charge in [0.1, 0.15) is 12.4 Å². The largest absolute Gasteiger partial charge is 0.492 e. The molecule has 35 heavy (non-hydrogen) atoms. The van der Waals surface area contributed by atoms with E-state index in [0.29, 0.717) is 19.6 Å². The molecule has 1 fully saturated rings. The van der Waals surface area contributed by atoms with Gasteiger partial charge in [0.15, 0.2) is 17.4 Å². The molecule has 1 aromatic carbocycles. The van der Waals surface area contributed by atoms with Gasteiger partial charge in [0, 0.05) is 43.9 Å². The highest BCUT2D eigenvalue weighted by atomic mass is 19.1. The third-order valence-corrected chi connectivity index (χ3v) is 6.19. The lowest BCUT2D eigenvalue weighted by atomic mass is 9.83. The number of nitrogens with zero attached hydrogens (tertiary/aromatic N) is 3. The number of carbonyl (C=O) groups excluding carboxylic acids is 1. The van der Waals surface area contributed by atoms with E-state index in [-0.39, 0.29) is 29.5 Å². The number of aromatic nitrogens is 2. The highest BCUT2D eigenvalue weighted by molar-refractivity contribution is 5.91. The molecule has 1 aliphatic carbocycles. The number of benzene rings is 1. The number of ether oxygens (including phenoxy) is 2. The summed E-state index contributed by atoms with van der Waals surface area (Å²) in [5.41, 5.74) is 0.737. The molecule has 1 aliphatic rings. The van der Waals surface area contributed by atoms with E-state index in [1.54, 1.807) is 7.11 Å². The number of allylic oxidation sites excluding steroid dienone is 1. The Bertz CT molecular complexity index is 974. The van der Waals surface area contributed by atoms with Crippen LogP contribution in [0.3, 0.4) is 0 Å². The molecule has 0 spiro atoms. The number of anilines is 3. The fourth-order valence-electron chi connectivity index (χ4n) is 4.20. The van der Waals surface area contributed by atoms with Gasteiger partial charge >= 0.3 is 0 Å². The number of methoxy groups -OCH3 is 1. The van der Waals surface area contributed by atoms with Crippen molar-refractivity contribution in [1.29, 1.82) is 0 Å². The molecule has 0 aliphatic heterocycles. The van der Waals surface area contributed by atoms with Crippen LogP contribution in [0.1, 0.15) is 32.6 Å². The maximum absolute atomic E-state index is 14.4. The topological polar surface area (TPSA) is 88.6 Å². The van der Waals surface area contributed by atoms with E-state index in [9.17, 15) is 9.18 Å². The molecule has 190 valence electrons. The summed E-state index contributed by atoms with van der Waals surface area (Å²) in [4.78, 5) is 22.7. The van der Waals surface area contributed by atoms with Crippen LogP contribution in [0.4, 0.5) is 21.8 Å². The van der Waals surface area contributed by atoms with Crippen molar-refractivity contribution in [1.82, 2.24) is 14.9 Å². The highest BCUT2D eigenvalue weighted by Crippen LogP contribution is 2.28. The Hall–Kier alpha value is -3.04. The Kier molecular flexibility index (Phi) is 10.4. The molecule has 9 heteroatoms. The van der Waals surface area contributed by atoms with Gasteiger partial charge in [0.05, 0.1) is 12.8 Å². The normalized spacial score (nSPS) is 17.7. The second kappa shape index (κ2) is 13.7. The molecular weight excluding hydrogens is 449 g/mol. The maximum Gasteiger partial charge on any atom is 0.229 e. The Balaban J connectivity index is 1.58. The van der Waals surface area contributed by atoms with Crippen molar-refractivity contribution >= 4 is 23.2 Å². The minimum absolute atomic E-state index is 0.0294. The third kappa shape index (κ3) is 8.29. The van der Waals surface area contributed by atoms with Crippen LogP contribution in [0.2, 0.25) is 0 Å². The summed E-state index contributed by atoms with van der Waals surface area (Å²) < 4.78 is 25.5. The zero-order chi connectivity index (χ0) is 25.0. The molecule has 0 saturated heterocycles. The minimum atomic E-state index is -0.529. The summed E-state index contributed by atoms with van der Waals surface area (Å²) in [6.07, 6.45) is 5.75.